The maximum Gasteiger partial charge on any atom is 0.333 e. The van der Waals surface area contributed by atoms with Crippen LogP contribution >= 0.6 is 0 Å². The molecule has 0 amide bonds. The Labute approximate surface area is 159 Å². The average Bonchev–Trinajstić information content (AvgIpc) is 2.98. The van der Waals surface area contributed by atoms with E-state index in [0.717, 1.165) is 4.57 Å². The first-order valence-corrected chi connectivity index (χ1v) is 9.44. The summed E-state index contributed by atoms with van der Waals surface area (Å²) in [5, 5.41) is 0. The third-order valence-electron chi connectivity index (χ3n) is 4.25. The number of benzene rings is 1. The van der Waals surface area contributed by atoms with Gasteiger partial charge in [-0.3, -0.25) is 13.9 Å². The van der Waals surface area contributed by atoms with E-state index in [2.05, 4.69) is 10.9 Å². The Bertz CT molecular complexity index is 1370. The first-order chi connectivity index (χ1) is 13.1. The van der Waals surface area contributed by atoms with Gasteiger partial charge in [0, 0.05) is 14.1 Å². The lowest BCUT2D eigenvalue weighted by molar-refractivity contribution is 0.483. The molecule has 144 valence electrons. The standard InChI is InChI=1S/C18H16N4O5S/c1-4-11-22-17(23)15-16(21(3)18(22)24)19-14(20(15)2)10-7-12-5-8-13(9-6-12)28(25,26)27/h1,5-10H,11H2,2-3H3,(H,25,26,27). The van der Waals surface area contributed by atoms with Crippen molar-refractivity contribution in [3.63, 3.8) is 0 Å². The highest BCUT2D eigenvalue weighted by Crippen LogP contribution is 2.15. The van der Waals surface area contributed by atoms with Gasteiger partial charge in [0.05, 0.1) is 11.4 Å². The third-order valence-corrected chi connectivity index (χ3v) is 5.11. The number of aromatic nitrogens is 4. The van der Waals surface area contributed by atoms with Crippen molar-refractivity contribution >= 4 is 33.4 Å². The summed E-state index contributed by atoms with van der Waals surface area (Å²) in [7, 11) is -1.11. The predicted molar refractivity (Wildman–Crippen MR) is 104 cm³/mol. The first kappa shape index (κ1) is 19.3. The Hall–Kier alpha value is -3.42. The van der Waals surface area contributed by atoms with E-state index in [-0.39, 0.29) is 22.6 Å². The number of aryl methyl sites for hydroxylation is 2. The van der Waals surface area contributed by atoms with Gasteiger partial charge in [0.1, 0.15) is 5.82 Å². The van der Waals surface area contributed by atoms with Crippen LogP contribution in [-0.4, -0.2) is 31.7 Å². The minimum atomic E-state index is -4.26. The molecule has 2 aromatic heterocycles. The van der Waals surface area contributed by atoms with Crippen LogP contribution in [0.5, 0.6) is 0 Å². The molecule has 0 saturated heterocycles. The molecular formula is C18H16N4O5S. The smallest absolute Gasteiger partial charge is 0.322 e. The summed E-state index contributed by atoms with van der Waals surface area (Å²) in [6.45, 7) is -0.141. The molecule has 2 heterocycles. The second kappa shape index (κ2) is 6.95. The van der Waals surface area contributed by atoms with E-state index < -0.39 is 21.4 Å². The Morgan fingerprint density at radius 3 is 2.36 bits per heavy atom. The van der Waals surface area contributed by atoms with Crippen molar-refractivity contribution in [1.82, 2.24) is 18.7 Å². The fraction of sp³-hybridized carbons (Fsp3) is 0.167. The van der Waals surface area contributed by atoms with E-state index in [1.54, 1.807) is 23.8 Å². The van der Waals surface area contributed by atoms with Gasteiger partial charge in [0.2, 0.25) is 0 Å². The Morgan fingerprint density at radius 1 is 1.14 bits per heavy atom. The first-order valence-electron chi connectivity index (χ1n) is 8.00. The van der Waals surface area contributed by atoms with Crippen LogP contribution in [0.4, 0.5) is 0 Å². The highest BCUT2D eigenvalue weighted by atomic mass is 32.2. The van der Waals surface area contributed by atoms with Crippen molar-refractivity contribution in [2.75, 3.05) is 0 Å². The molecule has 0 radical (unpaired) electrons. The lowest BCUT2D eigenvalue weighted by atomic mass is 10.2. The lowest BCUT2D eigenvalue weighted by Crippen LogP contribution is -2.39. The second-order valence-electron chi connectivity index (χ2n) is 6.02. The molecule has 0 unspecified atom stereocenters. The SMILES string of the molecule is C#CCn1c(=O)c2c(nc(C=Cc3ccc(S(=O)(=O)O)cc3)n2C)n(C)c1=O. The van der Waals surface area contributed by atoms with Gasteiger partial charge in [-0.1, -0.05) is 24.1 Å². The zero-order valence-electron chi connectivity index (χ0n) is 15.0. The van der Waals surface area contributed by atoms with Gasteiger partial charge in [0.25, 0.3) is 15.7 Å². The fourth-order valence-corrected chi connectivity index (χ4v) is 3.24. The van der Waals surface area contributed by atoms with Gasteiger partial charge >= 0.3 is 5.69 Å². The maximum atomic E-state index is 12.6. The topological polar surface area (TPSA) is 116 Å². The largest absolute Gasteiger partial charge is 0.333 e. The zero-order valence-corrected chi connectivity index (χ0v) is 15.8. The quantitative estimate of drug-likeness (QED) is 0.503. The van der Waals surface area contributed by atoms with Gasteiger partial charge < -0.3 is 4.57 Å². The number of fused-ring (bicyclic) bond motifs is 1. The monoisotopic (exact) mass is 400 g/mol. The number of terminal acetylenes is 1. The number of nitrogens with zero attached hydrogens (tertiary/aromatic N) is 4. The Morgan fingerprint density at radius 2 is 1.79 bits per heavy atom. The average molecular weight is 400 g/mol. The summed E-state index contributed by atoms with van der Waals surface area (Å²) in [4.78, 5) is 29.1. The highest BCUT2D eigenvalue weighted by molar-refractivity contribution is 7.85. The number of imidazole rings is 1. The summed E-state index contributed by atoms with van der Waals surface area (Å²) >= 11 is 0. The Balaban J connectivity index is 2.09. The van der Waals surface area contributed by atoms with Crippen LogP contribution in [0.15, 0.2) is 38.8 Å². The molecule has 3 aromatic rings. The number of rotatable bonds is 4. The van der Waals surface area contributed by atoms with Crippen LogP contribution in [0, 0.1) is 12.3 Å². The molecule has 0 aliphatic carbocycles. The molecular weight excluding hydrogens is 384 g/mol. The Kier molecular flexibility index (Phi) is 4.80. The van der Waals surface area contributed by atoms with Crippen LogP contribution in [0.3, 0.4) is 0 Å². The number of hydrogen-bond acceptors (Lipinski definition) is 5. The molecule has 10 heteroatoms. The van der Waals surface area contributed by atoms with Crippen molar-refractivity contribution in [1.29, 1.82) is 0 Å². The zero-order chi connectivity index (χ0) is 20.6. The lowest BCUT2D eigenvalue weighted by Gasteiger charge is -2.05. The predicted octanol–water partition coefficient (Wildman–Crippen LogP) is 0.484. The van der Waals surface area contributed by atoms with E-state index in [0.29, 0.717) is 11.4 Å². The van der Waals surface area contributed by atoms with E-state index in [4.69, 9.17) is 11.0 Å². The molecule has 28 heavy (non-hydrogen) atoms. The fourth-order valence-electron chi connectivity index (χ4n) is 2.76. The normalized spacial score (nSPS) is 11.9. The van der Waals surface area contributed by atoms with Gasteiger partial charge in [-0.2, -0.15) is 8.42 Å². The molecule has 0 saturated carbocycles. The van der Waals surface area contributed by atoms with E-state index >= 15 is 0 Å². The minimum absolute atomic E-state index is 0.141. The molecule has 1 N–H and O–H groups in total. The van der Waals surface area contributed by atoms with E-state index in [1.165, 1.54) is 35.9 Å². The molecule has 1 aromatic carbocycles. The molecule has 0 aliphatic heterocycles. The summed E-state index contributed by atoms with van der Waals surface area (Å²) < 4.78 is 34.9. The van der Waals surface area contributed by atoms with Gasteiger partial charge in [0.15, 0.2) is 11.2 Å². The summed E-state index contributed by atoms with van der Waals surface area (Å²) in [5.74, 6) is 2.71. The van der Waals surface area contributed by atoms with Gasteiger partial charge in [-0.15, -0.1) is 6.42 Å². The van der Waals surface area contributed by atoms with Crippen LogP contribution < -0.4 is 11.2 Å². The molecule has 0 fully saturated rings. The van der Waals surface area contributed by atoms with Crippen molar-refractivity contribution in [3.05, 3.63) is 56.5 Å². The molecule has 0 aliphatic rings. The summed E-state index contributed by atoms with van der Waals surface area (Å²) in [5.41, 5.74) is 0.0389. The van der Waals surface area contributed by atoms with Crippen molar-refractivity contribution < 1.29 is 13.0 Å². The number of hydrogen-bond donors (Lipinski definition) is 1. The van der Waals surface area contributed by atoms with Gasteiger partial charge in [-0.05, 0) is 23.8 Å². The second-order valence-corrected chi connectivity index (χ2v) is 7.44. The molecule has 0 atom stereocenters. The van der Waals surface area contributed by atoms with Crippen molar-refractivity contribution in [3.8, 4) is 12.3 Å². The summed E-state index contributed by atoms with van der Waals surface area (Å²) in [6, 6.07) is 5.56. The maximum absolute atomic E-state index is 12.6. The van der Waals surface area contributed by atoms with Crippen LogP contribution in [-0.2, 0) is 30.8 Å². The third kappa shape index (κ3) is 3.28. The molecule has 0 spiro atoms. The molecule has 9 nitrogen and oxygen atoms in total. The highest BCUT2D eigenvalue weighted by Gasteiger charge is 2.17. The molecule has 0 bridgehead atoms. The van der Waals surface area contributed by atoms with Crippen LogP contribution in [0.25, 0.3) is 23.3 Å². The summed E-state index contributed by atoms with van der Waals surface area (Å²) in [6.07, 6.45) is 8.52. The van der Waals surface area contributed by atoms with Crippen molar-refractivity contribution in [2.24, 2.45) is 14.1 Å². The molecule has 3 rings (SSSR count). The van der Waals surface area contributed by atoms with E-state index in [9.17, 15) is 18.0 Å². The van der Waals surface area contributed by atoms with Crippen LogP contribution in [0.1, 0.15) is 11.4 Å². The minimum Gasteiger partial charge on any atom is -0.322 e. The van der Waals surface area contributed by atoms with E-state index in [1.807, 2.05) is 0 Å². The van der Waals surface area contributed by atoms with Crippen molar-refractivity contribution in [2.45, 2.75) is 11.4 Å². The van der Waals surface area contributed by atoms with Gasteiger partial charge in [-0.25, -0.2) is 14.3 Å². The van der Waals surface area contributed by atoms with Crippen LogP contribution in [0.2, 0.25) is 0 Å².